The smallest absolute Gasteiger partial charge is 0.301 e. The zero-order valence-electron chi connectivity index (χ0n) is 9.41. The van der Waals surface area contributed by atoms with E-state index in [0.29, 0.717) is 0 Å². The molecule has 0 unspecified atom stereocenters. The van der Waals surface area contributed by atoms with Gasteiger partial charge in [0.05, 0.1) is 10.5 Å². The molecule has 0 bridgehead atoms. The summed E-state index contributed by atoms with van der Waals surface area (Å²) in [6.45, 7) is 0. The minimum absolute atomic E-state index is 0.0482. The van der Waals surface area contributed by atoms with Crippen LogP contribution in [0.2, 0.25) is 5.15 Å². The summed E-state index contributed by atoms with van der Waals surface area (Å²) < 4.78 is 0. The number of anilines is 1. The molecule has 7 nitrogen and oxygen atoms in total. The molecule has 2 rings (SSSR count). The molecular formula is C11H7ClN4O3. The number of carbonyl (C=O) groups excluding carboxylic acids is 1. The lowest BCUT2D eigenvalue weighted by Gasteiger charge is -2.05. The van der Waals surface area contributed by atoms with Crippen molar-refractivity contribution in [1.29, 1.82) is 0 Å². The third-order valence-corrected chi connectivity index (χ3v) is 2.40. The first-order valence-corrected chi connectivity index (χ1v) is 5.48. The molecule has 0 saturated heterocycles. The van der Waals surface area contributed by atoms with E-state index in [4.69, 9.17) is 11.6 Å². The lowest BCUT2D eigenvalue weighted by Crippen LogP contribution is -2.14. The van der Waals surface area contributed by atoms with Crippen molar-refractivity contribution in [3.8, 4) is 0 Å². The van der Waals surface area contributed by atoms with E-state index in [2.05, 4.69) is 15.3 Å². The van der Waals surface area contributed by atoms with Gasteiger partial charge in [0, 0.05) is 18.5 Å². The Morgan fingerprint density at radius 1 is 1.37 bits per heavy atom. The Morgan fingerprint density at radius 3 is 2.79 bits per heavy atom. The van der Waals surface area contributed by atoms with Gasteiger partial charge in [0.1, 0.15) is 5.15 Å². The molecule has 0 atom stereocenters. The number of carbonyl (C=O) groups is 1. The Kier molecular flexibility index (Phi) is 3.67. The number of hydrogen-bond donors (Lipinski definition) is 1. The van der Waals surface area contributed by atoms with Crippen molar-refractivity contribution in [1.82, 2.24) is 9.97 Å². The summed E-state index contributed by atoms with van der Waals surface area (Å²) in [7, 11) is 0. The average Bonchev–Trinajstić information content (AvgIpc) is 2.39. The number of pyridine rings is 2. The zero-order valence-corrected chi connectivity index (χ0v) is 10.2. The number of nitro groups is 1. The van der Waals surface area contributed by atoms with Crippen LogP contribution in [0, 0.1) is 10.1 Å². The maximum Gasteiger partial charge on any atom is 0.311 e. The quantitative estimate of drug-likeness (QED) is 0.527. The van der Waals surface area contributed by atoms with Crippen molar-refractivity contribution in [2.75, 3.05) is 5.32 Å². The molecule has 8 heteroatoms. The third kappa shape index (κ3) is 3.02. The Labute approximate surface area is 112 Å². The van der Waals surface area contributed by atoms with E-state index >= 15 is 0 Å². The summed E-state index contributed by atoms with van der Waals surface area (Å²) in [5.74, 6) is -0.752. The molecule has 0 aliphatic carbocycles. The van der Waals surface area contributed by atoms with Crippen molar-refractivity contribution < 1.29 is 9.72 Å². The predicted molar refractivity (Wildman–Crippen MR) is 68.1 cm³/mol. The van der Waals surface area contributed by atoms with Crippen molar-refractivity contribution >= 4 is 29.0 Å². The van der Waals surface area contributed by atoms with E-state index < -0.39 is 10.8 Å². The Bertz CT molecular complexity index is 633. The van der Waals surface area contributed by atoms with Crippen LogP contribution in [-0.2, 0) is 0 Å². The molecule has 0 spiro atoms. The fourth-order valence-electron chi connectivity index (χ4n) is 1.34. The number of aromatic nitrogens is 2. The summed E-state index contributed by atoms with van der Waals surface area (Å²) in [4.78, 5) is 29.5. The van der Waals surface area contributed by atoms with Crippen LogP contribution in [0.5, 0.6) is 0 Å². The SMILES string of the molecule is O=C(Nc1nc(Cl)ccc1[N+](=O)[O-])c1cccnc1. The number of rotatable bonds is 3. The second kappa shape index (κ2) is 5.40. The van der Waals surface area contributed by atoms with E-state index in [-0.39, 0.29) is 22.2 Å². The van der Waals surface area contributed by atoms with Gasteiger partial charge >= 0.3 is 5.69 Å². The van der Waals surface area contributed by atoms with Crippen LogP contribution in [0.1, 0.15) is 10.4 Å². The van der Waals surface area contributed by atoms with Crippen LogP contribution < -0.4 is 5.32 Å². The molecule has 0 aromatic carbocycles. The van der Waals surface area contributed by atoms with Crippen LogP contribution in [0.3, 0.4) is 0 Å². The molecular weight excluding hydrogens is 272 g/mol. The summed E-state index contributed by atoms with van der Waals surface area (Å²) in [5.41, 5.74) is -0.0692. The summed E-state index contributed by atoms with van der Waals surface area (Å²) in [6.07, 6.45) is 2.85. The standard InChI is InChI=1S/C11H7ClN4O3/c12-9-4-3-8(16(18)19)10(14-9)15-11(17)7-2-1-5-13-6-7/h1-6H,(H,14,15,17). The molecule has 0 fully saturated rings. The average molecular weight is 279 g/mol. The van der Waals surface area contributed by atoms with Crippen molar-refractivity contribution in [2.24, 2.45) is 0 Å². The molecule has 0 radical (unpaired) electrons. The number of hydrogen-bond acceptors (Lipinski definition) is 5. The number of halogens is 1. The highest BCUT2D eigenvalue weighted by Crippen LogP contribution is 2.24. The second-order valence-electron chi connectivity index (χ2n) is 3.45. The highest BCUT2D eigenvalue weighted by molar-refractivity contribution is 6.29. The van der Waals surface area contributed by atoms with Crippen LogP contribution in [0.15, 0.2) is 36.7 Å². The number of amides is 1. The van der Waals surface area contributed by atoms with Gasteiger partial charge in [0.2, 0.25) is 5.82 Å². The zero-order chi connectivity index (χ0) is 13.8. The van der Waals surface area contributed by atoms with Gasteiger partial charge in [-0.05, 0) is 18.2 Å². The van der Waals surface area contributed by atoms with Crippen LogP contribution in [0.25, 0.3) is 0 Å². The van der Waals surface area contributed by atoms with Gasteiger partial charge in [-0.2, -0.15) is 0 Å². The van der Waals surface area contributed by atoms with Gasteiger partial charge < -0.3 is 5.32 Å². The summed E-state index contributed by atoms with van der Waals surface area (Å²) >= 11 is 5.65. The van der Waals surface area contributed by atoms with Gasteiger partial charge in [-0.25, -0.2) is 4.98 Å². The Hall–Kier alpha value is -2.54. The summed E-state index contributed by atoms with van der Waals surface area (Å²) in [6, 6.07) is 5.56. The maximum absolute atomic E-state index is 11.8. The first-order valence-electron chi connectivity index (χ1n) is 5.10. The molecule has 0 aliphatic heterocycles. The van der Waals surface area contributed by atoms with Gasteiger partial charge in [-0.3, -0.25) is 19.9 Å². The fraction of sp³-hybridized carbons (Fsp3) is 0. The van der Waals surface area contributed by atoms with Crippen LogP contribution in [-0.4, -0.2) is 20.8 Å². The molecule has 2 aromatic heterocycles. The van der Waals surface area contributed by atoms with Gasteiger partial charge in [-0.1, -0.05) is 11.6 Å². The first kappa shape index (κ1) is 12.9. The van der Waals surface area contributed by atoms with Crippen molar-refractivity contribution in [3.63, 3.8) is 0 Å². The Balaban J connectivity index is 2.31. The minimum atomic E-state index is -0.651. The molecule has 0 aliphatic rings. The molecule has 2 aromatic rings. The van der Waals surface area contributed by atoms with Gasteiger partial charge in [-0.15, -0.1) is 0 Å². The van der Waals surface area contributed by atoms with E-state index in [9.17, 15) is 14.9 Å². The summed E-state index contributed by atoms with van der Waals surface area (Å²) in [5, 5.41) is 13.2. The third-order valence-electron chi connectivity index (χ3n) is 2.19. The predicted octanol–water partition coefficient (Wildman–Crippen LogP) is 2.29. The minimum Gasteiger partial charge on any atom is -0.301 e. The van der Waals surface area contributed by atoms with E-state index in [1.54, 1.807) is 6.07 Å². The van der Waals surface area contributed by atoms with Gasteiger partial charge in [0.15, 0.2) is 0 Å². The topological polar surface area (TPSA) is 98.0 Å². The molecule has 2 heterocycles. The van der Waals surface area contributed by atoms with Crippen LogP contribution >= 0.6 is 11.6 Å². The number of nitrogens with one attached hydrogen (secondary N) is 1. The molecule has 0 saturated carbocycles. The molecule has 1 amide bonds. The van der Waals surface area contributed by atoms with Crippen molar-refractivity contribution in [3.05, 3.63) is 57.5 Å². The highest BCUT2D eigenvalue weighted by Gasteiger charge is 2.18. The highest BCUT2D eigenvalue weighted by atomic mass is 35.5. The lowest BCUT2D eigenvalue weighted by molar-refractivity contribution is -0.384. The maximum atomic E-state index is 11.8. The van der Waals surface area contributed by atoms with Gasteiger partial charge in [0.25, 0.3) is 5.91 Å². The molecule has 19 heavy (non-hydrogen) atoms. The fourth-order valence-corrected chi connectivity index (χ4v) is 1.49. The lowest BCUT2D eigenvalue weighted by atomic mass is 10.2. The Morgan fingerprint density at radius 2 is 2.16 bits per heavy atom. The second-order valence-corrected chi connectivity index (χ2v) is 3.84. The first-order chi connectivity index (χ1) is 9.08. The largest absolute Gasteiger partial charge is 0.311 e. The van der Waals surface area contributed by atoms with E-state index in [1.165, 1.54) is 30.6 Å². The van der Waals surface area contributed by atoms with E-state index in [1.807, 2.05) is 0 Å². The normalized spacial score (nSPS) is 9.95. The molecule has 1 N–H and O–H groups in total. The molecule has 96 valence electrons. The van der Waals surface area contributed by atoms with Crippen LogP contribution in [0.4, 0.5) is 11.5 Å². The number of nitrogens with zero attached hydrogens (tertiary/aromatic N) is 3. The monoisotopic (exact) mass is 278 g/mol. The van der Waals surface area contributed by atoms with Crippen molar-refractivity contribution in [2.45, 2.75) is 0 Å². The van der Waals surface area contributed by atoms with E-state index in [0.717, 1.165) is 0 Å².